The molecule has 0 saturated carbocycles. The fraction of sp³-hybridized carbons (Fsp3) is 0.700. The summed E-state index contributed by atoms with van der Waals surface area (Å²) < 4.78 is 3.01. The maximum Gasteiger partial charge on any atom is 0.0738 e. The number of halogens is 1. The first-order valence-corrected chi connectivity index (χ1v) is 5.64. The van der Waals surface area contributed by atoms with Crippen LogP contribution in [0, 0.1) is 12.8 Å². The molecule has 0 amide bonds. The van der Waals surface area contributed by atoms with Gasteiger partial charge in [-0.25, -0.2) is 0 Å². The average Bonchev–Trinajstić information content (AvgIpc) is 2.39. The molecule has 3 nitrogen and oxygen atoms in total. The van der Waals surface area contributed by atoms with Crippen LogP contribution in [-0.2, 0) is 13.5 Å². The zero-order chi connectivity index (χ0) is 10.7. The molecule has 1 heterocycles. The van der Waals surface area contributed by atoms with Crippen LogP contribution < -0.4 is 0 Å². The second kappa shape index (κ2) is 4.94. The van der Waals surface area contributed by atoms with E-state index in [-0.39, 0.29) is 6.61 Å². The summed E-state index contributed by atoms with van der Waals surface area (Å²) in [7, 11) is 1.96. The van der Waals surface area contributed by atoms with E-state index in [0.29, 0.717) is 5.92 Å². The summed E-state index contributed by atoms with van der Waals surface area (Å²) in [6, 6.07) is 0. The molecule has 80 valence electrons. The molecule has 4 heteroatoms. The molecule has 1 unspecified atom stereocenters. The average molecular weight is 261 g/mol. The number of hydrogen-bond donors (Lipinski definition) is 1. The van der Waals surface area contributed by atoms with Crippen LogP contribution in [0.15, 0.2) is 4.47 Å². The van der Waals surface area contributed by atoms with Crippen molar-refractivity contribution in [2.45, 2.75) is 26.7 Å². The summed E-state index contributed by atoms with van der Waals surface area (Å²) in [4.78, 5) is 0. The normalized spacial score (nSPS) is 13.2. The molecular formula is C10H17BrN2O. The highest BCUT2D eigenvalue weighted by molar-refractivity contribution is 9.10. The van der Waals surface area contributed by atoms with Crippen molar-refractivity contribution < 1.29 is 5.11 Å². The second-order valence-electron chi connectivity index (χ2n) is 3.80. The lowest BCUT2D eigenvalue weighted by Crippen LogP contribution is -2.05. The Bertz CT molecular complexity index is 309. The molecule has 1 atom stereocenters. The summed E-state index contributed by atoms with van der Waals surface area (Å²) >= 11 is 3.53. The quantitative estimate of drug-likeness (QED) is 0.900. The highest BCUT2D eigenvalue weighted by Gasteiger charge is 2.11. The van der Waals surface area contributed by atoms with E-state index in [1.807, 2.05) is 18.7 Å². The van der Waals surface area contributed by atoms with Crippen LogP contribution in [0.25, 0.3) is 0 Å². The van der Waals surface area contributed by atoms with Crippen molar-refractivity contribution in [1.82, 2.24) is 9.78 Å². The Morgan fingerprint density at radius 3 is 2.64 bits per heavy atom. The third kappa shape index (κ3) is 2.58. The smallest absolute Gasteiger partial charge is 0.0738 e. The lowest BCUT2D eigenvalue weighted by atomic mass is 10.1. The summed E-state index contributed by atoms with van der Waals surface area (Å²) in [5, 5.41) is 13.2. The topological polar surface area (TPSA) is 38.0 Å². The highest BCUT2D eigenvalue weighted by atomic mass is 79.9. The van der Waals surface area contributed by atoms with Crippen LogP contribution in [-0.4, -0.2) is 21.5 Å². The molecule has 0 radical (unpaired) electrons. The Morgan fingerprint density at radius 2 is 2.21 bits per heavy atom. The van der Waals surface area contributed by atoms with Crippen molar-refractivity contribution in [2.75, 3.05) is 6.61 Å². The Kier molecular flexibility index (Phi) is 4.13. The van der Waals surface area contributed by atoms with Gasteiger partial charge >= 0.3 is 0 Å². The van der Waals surface area contributed by atoms with Crippen molar-refractivity contribution in [3.63, 3.8) is 0 Å². The number of rotatable bonds is 4. The highest BCUT2D eigenvalue weighted by Crippen LogP contribution is 2.22. The lowest BCUT2D eigenvalue weighted by Gasteiger charge is -2.07. The van der Waals surface area contributed by atoms with E-state index >= 15 is 0 Å². The molecule has 14 heavy (non-hydrogen) atoms. The molecule has 0 fully saturated rings. The lowest BCUT2D eigenvalue weighted by molar-refractivity contribution is 0.230. The van der Waals surface area contributed by atoms with Gasteiger partial charge in [0.05, 0.1) is 15.9 Å². The van der Waals surface area contributed by atoms with Crippen molar-refractivity contribution in [2.24, 2.45) is 13.0 Å². The van der Waals surface area contributed by atoms with Crippen molar-refractivity contribution in [3.8, 4) is 0 Å². The van der Waals surface area contributed by atoms with Gasteiger partial charge in [0.1, 0.15) is 0 Å². The van der Waals surface area contributed by atoms with Crippen LogP contribution >= 0.6 is 15.9 Å². The van der Waals surface area contributed by atoms with Gasteiger partial charge in [0.25, 0.3) is 0 Å². The van der Waals surface area contributed by atoms with Gasteiger partial charge < -0.3 is 5.11 Å². The van der Waals surface area contributed by atoms with Crippen LogP contribution in [0.3, 0.4) is 0 Å². The van der Waals surface area contributed by atoms with E-state index in [4.69, 9.17) is 5.11 Å². The summed E-state index contributed by atoms with van der Waals surface area (Å²) in [6.45, 7) is 4.30. The van der Waals surface area contributed by atoms with Crippen LogP contribution in [0.5, 0.6) is 0 Å². The Balaban J connectivity index is 2.67. The minimum absolute atomic E-state index is 0.258. The minimum atomic E-state index is 0.258. The molecule has 0 aliphatic carbocycles. The molecule has 0 spiro atoms. The maximum atomic E-state index is 8.92. The van der Waals surface area contributed by atoms with Gasteiger partial charge in [-0.2, -0.15) is 5.10 Å². The third-order valence-electron chi connectivity index (χ3n) is 2.45. The summed E-state index contributed by atoms with van der Waals surface area (Å²) in [5.74, 6) is 0.358. The number of nitrogens with zero attached hydrogens (tertiary/aromatic N) is 2. The van der Waals surface area contributed by atoms with E-state index in [1.54, 1.807) is 0 Å². The largest absolute Gasteiger partial charge is 0.396 e. The number of aliphatic hydroxyl groups excluding tert-OH is 1. The van der Waals surface area contributed by atoms with Crippen LogP contribution in [0.2, 0.25) is 0 Å². The van der Waals surface area contributed by atoms with Gasteiger partial charge in [0, 0.05) is 13.7 Å². The van der Waals surface area contributed by atoms with Crippen molar-refractivity contribution in [3.05, 3.63) is 15.9 Å². The maximum absolute atomic E-state index is 8.92. The molecule has 0 aliphatic heterocycles. The molecular weight excluding hydrogens is 244 g/mol. The van der Waals surface area contributed by atoms with E-state index < -0.39 is 0 Å². The van der Waals surface area contributed by atoms with E-state index in [1.165, 1.54) is 5.69 Å². The van der Waals surface area contributed by atoms with Gasteiger partial charge in [-0.1, -0.05) is 6.92 Å². The van der Waals surface area contributed by atoms with Gasteiger partial charge in [-0.15, -0.1) is 0 Å². The Hall–Kier alpha value is -0.350. The molecule has 1 rings (SSSR count). The molecule has 0 saturated heterocycles. The zero-order valence-corrected chi connectivity index (χ0v) is 10.5. The first-order valence-electron chi connectivity index (χ1n) is 4.85. The van der Waals surface area contributed by atoms with Gasteiger partial charge in [0.2, 0.25) is 0 Å². The van der Waals surface area contributed by atoms with Crippen LogP contribution in [0.1, 0.15) is 24.7 Å². The second-order valence-corrected chi connectivity index (χ2v) is 4.59. The number of aromatic nitrogens is 2. The molecule has 0 aliphatic rings. The van der Waals surface area contributed by atoms with Gasteiger partial charge in [-0.3, -0.25) is 4.68 Å². The molecule has 0 bridgehead atoms. The first kappa shape index (κ1) is 11.7. The Morgan fingerprint density at radius 1 is 1.57 bits per heavy atom. The first-order chi connectivity index (χ1) is 6.56. The fourth-order valence-electron chi connectivity index (χ4n) is 1.43. The predicted molar refractivity (Wildman–Crippen MR) is 60.2 cm³/mol. The van der Waals surface area contributed by atoms with Gasteiger partial charge in [-0.05, 0) is 41.6 Å². The zero-order valence-electron chi connectivity index (χ0n) is 8.92. The van der Waals surface area contributed by atoms with Crippen LogP contribution in [0.4, 0.5) is 0 Å². The summed E-state index contributed by atoms with van der Waals surface area (Å²) in [5.41, 5.74) is 2.24. The van der Waals surface area contributed by atoms with Gasteiger partial charge in [0.15, 0.2) is 0 Å². The van der Waals surface area contributed by atoms with Crippen molar-refractivity contribution in [1.29, 1.82) is 0 Å². The summed E-state index contributed by atoms with van der Waals surface area (Å²) in [6.07, 6.45) is 1.95. The fourth-order valence-corrected chi connectivity index (χ4v) is 1.96. The molecule has 1 aromatic heterocycles. The predicted octanol–water partition coefficient (Wildman–Crippen LogP) is 2.05. The third-order valence-corrected chi connectivity index (χ3v) is 3.48. The van der Waals surface area contributed by atoms with Crippen molar-refractivity contribution >= 4 is 15.9 Å². The van der Waals surface area contributed by atoms with E-state index in [2.05, 4.69) is 28.0 Å². The monoisotopic (exact) mass is 260 g/mol. The minimum Gasteiger partial charge on any atom is -0.396 e. The Labute approximate surface area is 93.3 Å². The molecule has 1 aromatic rings. The standard InChI is InChI=1S/C10H17BrN2O/c1-7(6-14)4-5-9-10(11)8(2)12-13(9)3/h7,14H,4-6H2,1-3H3. The number of hydrogen-bond acceptors (Lipinski definition) is 2. The number of aryl methyl sites for hydroxylation is 2. The SMILES string of the molecule is Cc1nn(C)c(CCC(C)CO)c1Br. The molecule has 1 N–H and O–H groups in total. The van der Waals surface area contributed by atoms with E-state index in [9.17, 15) is 0 Å². The number of aliphatic hydroxyl groups is 1. The van der Waals surface area contributed by atoms with E-state index in [0.717, 1.165) is 23.0 Å². The molecule has 0 aromatic carbocycles.